The second-order valence-electron chi connectivity index (χ2n) is 5.74. The minimum atomic E-state index is -4.39. The number of hydrogen-bond acceptors (Lipinski definition) is 3. The molecule has 0 aliphatic carbocycles. The van der Waals surface area contributed by atoms with Crippen LogP contribution in [-0.4, -0.2) is 17.2 Å². The Morgan fingerprint density at radius 2 is 1.56 bits per heavy atom. The first kappa shape index (κ1) is 20.4. The summed E-state index contributed by atoms with van der Waals surface area (Å²) in [6.07, 6.45) is -0.743. The zero-order valence-electron chi connectivity index (χ0n) is 14.6. The lowest BCUT2D eigenvalue weighted by atomic mass is 10.2. The first-order valence-electron chi connectivity index (χ1n) is 8.31. The topological polar surface area (TPSA) is 55.8 Å². The fraction of sp³-hybridized carbons (Fsp3) is 0.250. The van der Waals surface area contributed by atoms with Crippen LogP contribution in [0.3, 0.4) is 0 Å². The number of ether oxygens (including phenoxy) is 2. The molecule has 1 atom stereocenters. The zero-order chi connectivity index (χ0) is 19.9. The summed E-state index contributed by atoms with van der Waals surface area (Å²) in [6, 6.07) is 11.0. The zero-order valence-corrected chi connectivity index (χ0v) is 14.6. The van der Waals surface area contributed by atoms with Gasteiger partial charge in [-0.15, -0.1) is 0 Å². The summed E-state index contributed by atoms with van der Waals surface area (Å²) in [4.78, 5) is 10.6. The standard InChI is InChI=1S/C20H19F3O4/c1-2-3-15(12-13-19(24)25)26-17-8-10-18(11-9-17)27-16-6-4-14(5-7-16)20(21,22)23/h4-13,15H,2-3H2,1H3,(H,24,25). The van der Waals surface area contributed by atoms with Crippen molar-refractivity contribution in [3.05, 3.63) is 66.2 Å². The molecular formula is C20H19F3O4. The molecule has 2 aromatic rings. The molecule has 1 N–H and O–H groups in total. The molecular weight excluding hydrogens is 361 g/mol. The predicted molar refractivity (Wildman–Crippen MR) is 94.1 cm³/mol. The van der Waals surface area contributed by atoms with Gasteiger partial charge in [0.25, 0.3) is 0 Å². The van der Waals surface area contributed by atoms with E-state index < -0.39 is 17.7 Å². The fourth-order valence-corrected chi connectivity index (χ4v) is 2.28. The largest absolute Gasteiger partial charge is 0.486 e. The second kappa shape index (κ2) is 9.12. The molecule has 0 bridgehead atoms. The normalized spacial score (nSPS) is 12.7. The number of carbonyl (C=O) groups is 1. The highest BCUT2D eigenvalue weighted by molar-refractivity contribution is 5.79. The van der Waals surface area contributed by atoms with Crippen LogP contribution in [0.4, 0.5) is 13.2 Å². The van der Waals surface area contributed by atoms with Gasteiger partial charge in [-0.05, 0) is 61.0 Å². The quantitative estimate of drug-likeness (QED) is 0.598. The highest BCUT2D eigenvalue weighted by Gasteiger charge is 2.30. The Balaban J connectivity index is 2.00. The van der Waals surface area contributed by atoms with Crippen molar-refractivity contribution in [2.24, 2.45) is 0 Å². The van der Waals surface area contributed by atoms with Gasteiger partial charge in [0.1, 0.15) is 23.4 Å². The molecule has 2 aromatic carbocycles. The van der Waals surface area contributed by atoms with Gasteiger partial charge < -0.3 is 14.6 Å². The molecule has 1 unspecified atom stereocenters. The Kier molecular flexibility index (Phi) is 6.87. The maximum absolute atomic E-state index is 12.6. The molecule has 0 heterocycles. The number of halogens is 3. The van der Waals surface area contributed by atoms with E-state index in [4.69, 9.17) is 14.6 Å². The van der Waals surface area contributed by atoms with Crippen LogP contribution in [0.1, 0.15) is 25.3 Å². The van der Waals surface area contributed by atoms with Crippen LogP contribution in [0, 0.1) is 0 Å². The highest BCUT2D eigenvalue weighted by atomic mass is 19.4. The summed E-state index contributed by atoms with van der Waals surface area (Å²) in [5.74, 6) is 0.211. The number of aliphatic carboxylic acids is 1. The van der Waals surface area contributed by atoms with E-state index >= 15 is 0 Å². The third kappa shape index (κ3) is 6.69. The van der Waals surface area contributed by atoms with Crippen molar-refractivity contribution in [1.29, 1.82) is 0 Å². The van der Waals surface area contributed by atoms with Gasteiger partial charge >= 0.3 is 12.1 Å². The van der Waals surface area contributed by atoms with Crippen molar-refractivity contribution in [3.63, 3.8) is 0 Å². The number of rotatable bonds is 8. The van der Waals surface area contributed by atoms with Crippen molar-refractivity contribution >= 4 is 5.97 Å². The van der Waals surface area contributed by atoms with Gasteiger partial charge in [-0.1, -0.05) is 13.3 Å². The Morgan fingerprint density at radius 3 is 2.04 bits per heavy atom. The van der Waals surface area contributed by atoms with Crippen LogP contribution in [0.25, 0.3) is 0 Å². The van der Waals surface area contributed by atoms with E-state index in [-0.39, 0.29) is 11.9 Å². The minimum Gasteiger partial charge on any atom is -0.486 e. The number of hydrogen-bond donors (Lipinski definition) is 1. The Bertz CT molecular complexity index is 765. The SMILES string of the molecule is CCCC(C=CC(=O)O)Oc1ccc(Oc2ccc(C(F)(F)F)cc2)cc1. The van der Waals surface area contributed by atoms with E-state index in [1.54, 1.807) is 24.3 Å². The molecule has 0 aromatic heterocycles. The third-order valence-corrected chi connectivity index (χ3v) is 3.56. The van der Waals surface area contributed by atoms with Gasteiger partial charge in [0.05, 0.1) is 5.56 Å². The second-order valence-corrected chi connectivity index (χ2v) is 5.74. The van der Waals surface area contributed by atoms with Gasteiger partial charge in [0.2, 0.25) is 0 Å². The summed E-state index contributed by atoms with van der Waals surface area (Å²) >= 11 is 0. The first-order chi connectivity index (χ1) is 12.8. The lowest BCUT2D eigenvalue weighted by Crippen LogP contribution is -2.13. The van der Waals surface area contributed by atoms with E-state index in [2.05, 4.69) is 0 Å². The highest BCUT2D eigenvalue weighted by Crippen LogP contribution is 2.31. The molecule has 0 fully saturated rings. The van der Waals surface area contributed by atoms with Crippen molar-refractivity contribution < 1.29 is 32.5 Å². The maximum atomic E-state index is 12.6. The number of carboxylic acids is 1. The molecule has 0 aliphatic heterocycles. The molecule has 7 heteroatoms. The van der Waals surface area contributed by atoms with Crippen molar-refractivity contribution in [3.8, 4) is 17.2 Å². The first-order valence-corrected chi connectivity index (χ1v) is 8.31. The van der Waals surface area contributed by atoms with Gasteiger partial charge in [-0.2, -0.15) is 13.2 Å². The summed E-state index contributed by atoms with van der Waals surface area (Å²) < 4.78 is 48.9. The lowest BCUT2D eigenvalue weighted by molar-refractivity contribution is -0.137. The van der Waals surface area contributed by atoms with Gasteiger partial charge in [-0.3, -0.25) is 0 Å². The van der Waals surface area contributed by atoms with Crippen molar-refractivity contribution in [1.82, 2.24) is 0 Å². The van der Waals surface area contributed by atoms with Crippen LogP contribution < -0.4 is 9.47 Å². The number of carboxylic acid groups (broad SMARTS) is 1. The van der Waals surface area contributed by atoms with Crippen molar-refractivity contribution in [2.45, 2.75) is 32.0 Å². The lowest BCUT2D eigenvalue weighted by Gasteiger charge is -2.15. The maximum Gasteiger partial charge on any atom is 0.416 e. The average Bonchev–Trinajstić information content (AvgIpc) is 2.61. The molecule has 0 amide bonds. The molecule has 0 saturated carbocycles. The van der Waals surface area contributed by atoms with Gasteiger partial charge in [-0.25, -0.2) is 4.79 Å². The van der Waals surface area contributed by atoms with E-state index in [9.17, 15) is 18.0 Å². The molecule has 27 heavy (non-hydrogen) atoms. The Hall–Kier alpha value is -2.96. The molecule has 4 nitrogen and oxygen atoms in total. The van der Waals surface area contributed by atoms with E-state index in [1.807, 2.05) is 6.92 Å². The molecule has 0 saturated heterocycles. The monoisotopic (exact) mass is 380 g/mol. The van der Waals surface area contributed by atoms with E-state index in [0.29, 0.717) is 17.9 Å². The molecule has 0 radical (unpaired) electrons. The van der Waals surface area contributed by atoms with Crippen molar-refractivity contribution in [2.75, 3.05) is 0 Å². The molecule has 144 valence electrons. The van der Waals surface area contributed by atoms with Gasteiger partial charge in [0, 0.05) is 6.08 Å². The van der Waals surface area contributed by atoms with Crippen LogP contribution >= 0.6 is 0 Å². The van der Waals surface area contributed by atoms with Crippen LogP contribution in [-0.2, 0) is 11.0 Å². The number of alkyl halides is 3. The van der Waals surface area contributed by atoms with Crippen LogP contribution in [0.15, 0.2) is 60.7 Å². The summed E-state index contributed by atoms with van der Waals surface area (Å²) in [5.41, 5.74) is -0.741. The summed E-state index contributed by atoms with van der Waals surface area (Å²) in [6.45, 7) is 1.96. The predicted octanol–water partition coefficient (Wildman–Crippen LogP) is 5.69. The summed E-state index contributed by atoms with van der Waals surface area (Å²) in [7, 11) is 0. The Labute approximate surface area is 154 Å². The molecule has 2 rings (SSSR count). The smallest absolute Gasteiger partial charge is 0.416 e. The Morgan fingerprint density at radius 1 is 1.04 bits per heavy atom. The van der Waals surface area contributed by atoms with E-state index in [1.165, 1.54) is 18.2 Å². The van der Waals surface area contributed by atoms with Crippen LogP contribution in [0.2, 0.25) is 0 Å². The molecule has 0 spiro atoms. The number of benzene rings is 2. The average molecular weight is 380 g/mol. The van der Waals surface area contributed by atoms with E-state index in [0.717, 1.165) is 24.6 Å². The third-order valence-electron chi connectivity index (χ3n) is 3.56. The minimum absolute atomic E-state index is 0.282. The molecule has 0 aliphatic rings. The van der Waals surface area contributed by atoms with Gasteiger partial charge in [0.15, 0.2) is 0 Å². The van der Waals surface area contributed by atoms with Crippen LogP contribution in [0.5, 0.6) is 17.2 Å². The fourth-order valence-electron chi connectivity index (χ4n) is 2.28. The summed E-state index contributed by atoms with van der Waals surface area (Å²) in [5, 5.41) is 8.71.